The van der Waals surface area contributed by atoms with Gasteiger partial charge in [0, 0.05) is 33.5 Å². The standard InChI is InChI=1S/C52H34N2O4/c55-51(56)43-24-11-9-22-40(43)49-38-20-7-8-21-39(38)50(41-23-10-12-25-44(41)52(57)58)46-32-35(27-29-42(46)49)53(33-15-3-1-4-16-33)36-28-30-48-45(31-36)37-19-13-14-26-47(37)54(48)34-17-5-2-6-18-34/h1-32H,(H,55,56)(H,57,58). The number of nitrogens with zero attached hydrogens (tertiary/aromatic N) is 2. The van der Waals surface area contributed by atoms with Crippen molar-refractivity contribution in [1.29, 1.82) is 0 Å². The van der Waals surface area contributed by atoms with E-state index in [1.807, 2.05) is 78.9 Å². The molecule has 1 aromatic heterocycles. The van der Waals surface area contributed by atoms with Crippen LogP contribution in [0.3, 0.4) is 0 Å². The summed E-state index contributed by atoms with van der Waals surface area (Å²) in [5, 5.41) is 26.4. The van der Waals surface area contributed by atoms with Crippen LogP contribution in [0, 0.1) is 0 Å². The number of aromatic carboxylic acids is 2. The maximum atomic E-state index is 12.8. The van der Waals surface area contributed by atoms with Crippen molar-refractivity contribution in [2.45, 2.75) is 0 Å². The third-order valence-electron chi connectivity index (χ3n) is 11.1. The molecule has 0 saturated heterocycles. The summed E-state index contributed by atoms with van der Waals surface area (Å²) in [6.45, 7) is 0. The number of carboxylic acids is 2. The van der Waals surface area contributed by atoms with Gasteiger partial charge < -0.3 is 19.7 Å². The first-order valence-electron chi connectivity index (χ1n) is 19.1. The Balaban J connectivity index is 1.30. The van der Waals surface area contributed by atoms with Crippen molar-refractivity contribution < 1.29 is 19.8 Å². The molecular weight excluding hydrogens is 717 g/mol. The summed E-state index contributed by atoms with van der Waals surface area (Å²) in [6.07, 6.45) is 0. The van der Waals surface area contributed by atoms with E-state index in [1.54, 1.807) is 24.3 Å². The van der Waals surface area contributed by atoms with Crippen LogP contribution in [-0.2, 0) is 0 Å². The molecule has 0 saturated carbocycles. The quantitative estimate of drug-likeness (QED) is 0.151. The van der Waals surface area contributed by atoms with E-state index in [0.717, 1.165) is 77.2 Å². The highest BCUT2D eigenvalue weighted by Crippen LogP contribution is 2.48. The Morgan fingerprint density at radius 3 is 1.45 bits per heavy atom. The molecule has 10 aromatic rings. The largest absolute Gasteiger partial charge is 0.478 e. The van der Waals surface area contributed by atoms with Crippen molar-refractivity contribution in [1.82, 2.24) is 4.57 Å². The van der Waals surface area contributed by atoms with Crippen LogP contribution in [0.25, 0.3) is 71.3 Å². The predicted octanol–water partition coefficient (Wildman–Crippen LogP) is 13.3. The number of rotatable bonds is 8. The van der Waals surface area contributed by atoms with Gasteiger partial charge in [-0.1, -0.05) is 121 Å². The number of carbonyl (C=O) groups is 2. The lowest BCUT2D eigenvalue weighted by atomic mass is 9.83. The molecule has 1 heterocycles. The van der Waals surface area contributed by atoms with Gasteiger partial charge in [0.2, 0.25) is 0 Å². The van der Waals surface area contributed by atoms with Gasteiger partial charge in [-0.3, -0.25) is 0 Å². The van der Waals surface area contributed by atoms with Crippen molar-refractivity contribution in [3.8, 4) is 27.9 Å². The molecule has 0 fully saturated rings. The average molecular weight is 751 g/mol. The van der Waals surface area contributed by atoms with Gasteiger partial charge in [0.15, 0.2) is 0 Å². The number of benzene rings is 9. The molecule has 0 atom stereocenters. The van der Waals surface area contributed by atoms with Crippen LogP contribution in [0.1, 0.15) is 20.7 Å². The Bertz CT molecular complexity index is 3240. The van der Waals surface area contributed by atoms with Crippen LogP contribution in [-0.4, -0.2) is 26.7 Å². The molecule has 2 N–H and O–H groups in total. The molecule has 0 aliphatic rings. The summed E-state index contributed by atoms with van der Waals surface area (Å²) >= 11 is 0. The molecule has 0 radical (unpaired) electrons. The SMILES string of the molecule is O=C(O)c1ccccc1-c1c2ccccc2c(-c2ccccc2C(=O)O)c2cc(N(c3ccccc3)c3ccc4c(c3)c3ccccc3n4-c3ccccc3)ccc12. The normalized spacial score (nSPS) is 11.4. The van der Waals surface area contributed by atoms with E-state index in [1.165, 1.54) is 0 Å². The van der Waals surface area contributed by atoms with E-state index in [2.05, 4.69) is 100 Å². The van der Waals surface area contributed by atoms with E-state index >= 15 is 0 Å². The van der Waals surface area contributed by atoms with Gasteiger partial charge in [0.1, 0.15) is 0 Å². The van der Waals surface area contributed by atoms with Gasteiger partial charge in [-0.2, -0.15) is 0 Å². The van der Waals surface area contributed by atoms with Gasteiger partial charge in [-0.15, -0.1) is 0 Å². The van der Waals surface area contributed by atoms with Crippen LogP contribution in [0.15, 0.2) is 194 Å². The first-order valence-corrected chi connectivity index (χ1v) is 19.1. The molecule has 0 aliphatic carbocycles. The topological polar surface area (TPSA) is 82.8 Å². The maximum absolute atomic E-state index is 12.8. The third kappa shape index (κ3) is 5.58. The minimum absolute atomic E-state index is 0.179. The van der Waals surface area contributed by atoms with Crippen molar-refractivity contribution in [3.63, 3.8) is 0 Å². The van der Waals surface area contributed by atoms with E-state index in [9.17, 15) is 19.8 Å². The smallest absolute Gasteiger partial charge is 0.336 e. The monoisotopic (exact) mass is 750 g/mol. The maximum Gasteiger partial charge on any atom is 0.336 e. The minimum atomic E-state index is -1.03. The highest BCUT2D eigenvalue weighted by atomic mass is 16.4. The average Bonchev–Trinajstić information content (AvgIpc) is 3.60. The van der Waals surface area contributed by atoms with Gasteiger partial charge >= 0.3 is 11.9 Å². The minimum Gasteiger partial charge on any atom is -0.478 e. The molecule has 9 aromatic carbocycles. The lowest BCUT2D eigenvalue weighted by molar-refractivity contribution is 0.0687. The fraction of sp³-hybridized carbons (Fsp3) is 0. The Kier molecular flexibility index (Phi) is 8.31. The molecule has 6 nitrogen and oxygen atoms in total. The Morgan fingerprint density at radius 2 is 0.828 bits per heavy atom. The molecule has 10 rings (SSSR count). The highest BCUT2D eigenvalue weighted by Gasteiger charge is 2.24. The first-order chi connectivity index (χ1) is 28.5. The number of aromatic nitrogens is 1. The number of hydrogen-bond donors (Lipinski definition) is 2. The second-order valence-electron chi connectivity index (χ2n) is 14.3. The van der Waals surface area contributed by atoms with Gasteiger partial charge in [-0.25, -0.2) is 9.59 Å². The zero-order chi connectivity index (χ0) is 39.3. The Labute approximate surface area is 333 Å². The fourth-order valence-electron chi connectivity index (χ4n) is 8.64. The van der Waals surface area contributed by atoms with Crippen molar-refractivity contribution in [3.05, 3.63) is 205 Å². The Hall–Kier alpha value is -7.96. The lowest BCUT2D eigenvalue weighted by Gasteiger charge is -2.27. The lowest BCUT2D eigenvalue weighted by Crippen LogP contribution is -2.10. The summed E-state index contributed by atoms with van der Waals surface area (Å²) in [4.78, 5) is 27.8. The summed E-state index contributed by atoms with van der Waals surface area (Å²) < 4.78 is 2.30. The molecule has 0 unspecified atom stereocenters. The zero-order valence-electron chi connectivity index (χ0n) is 31.1. The van der Waals surface area contributed by atoms with Gasteiger partial charge in [0.05, 0.1) is 22.2 Å². The van der Waals surface area contributed by atoms with Crippen molar-refractivity contribution in [2.24, 2.45) is 0 Å². The molecular formula is C52H34N2O4. The number of hydrogen-bond acceptors (Lipinski definition) is 3. The molecule has 0 amide bonds. The van der Waals surface area contributed by atoms with E-state index in [0.29, 0.717) is 11.1 Å². The van der Waals surface area contributed by atoms with Crippen molar-refractivity contribution >= 4 is 72.4 Å². The number of fused-ring (bicyclic) bond motifs is 5. The Morgan fingerprint density at radius 1 is 0.379 bits per heavy atom. The molecule has 0 bridgehead atoms. The van der Waals surface area contributed by atoms with E-state index < -0.39 is 11.9 Å². The van der Waals surface area contributed by atoms with E-state index in [4.69, 9.17) is 0 Å². The zero-order valence-corrected chi connectivity index (χ0v) is 31.1. The van der Waals surface area contributed by atoms with E-state index in [-0.39, 0.29) is 11.1 Å². The molecule has 58 heavy (non-hydrogen) atoms. The third-order valence-corrected chi connectivity index (χ3v) is 11.1. The van der Waals surface area contributed by atoms with Crippen LogP contribution in [0.5, 0.6) is 0 Å². The van der Waals surface area contributed by atoms with Gasteiger partial charge in [-0.05, 0) is 117 Å². The molecule has 0 aliphatic heterocycles. The fourth-order valence-corrected chi connectivity index (χ4v) is 8.64. The van der Waals surface area contributed by atoms with Crippen LogP contribution in [0.2, 0.25) is 0 Å². The second-order valence-corrected chi connectivity index (χ2v) is 14.3. The van der Waals surface area contributed by atoms with Gasteiger partial charge in [0.25, 0.3) is 0 Å². The second kappa shape index (κ2) is 14.0. The summed E-state index contributed by atoms with van der Waals surface area (Å²) in [6, 6.07) is 63.8. The molecule has 0 spiro atoms. The summed E-state index contributed by atoms with van der Waals surface area (Å²) in [5.41, 5.74) is 9.08. The predicted molar refractivity (Wildman–Crippen MR) is 235 cm³/mol. The van der Waals surface area contributed by atoms with Crippen molar-refractivity contribution in [2.75, 3.05) is 4.90 Å². The number of para-hydroxylation sites is 3. The van der Waals surface area contributed by atoms with Crippen LogP contribution < -0.4 is 4.90 Å². The number of carboxylic acid groups (broad SMARTS) is 2. The highest BCUT2D eigenvalue weighted by molar-refractivity contribution is 6.24. The summed E-state index contributed by atoms with van der Waals surface area (Å²) in [5.74, 6) is -2.05. The first kappa shape index (κ1) is 34.5. The van der Waals surface area contributed by atoms with Crippen LogP contribution in [0.4, 0.5) is 17.1 Å². The van der Waals surface area contributed by atoms with Crippen LogP contribution >= 0.6 is 0 Å². The summed E-state index contributed by atoms with van der Waals surface area (Å²) in [7, 11) is 0. The molecule has 276 valence electrons. The number of anilines is 3. The molecule has 6 heteroatoms.